The first kappa shape index (κ1) is 9.95. The van der Waals surface area contributed by atoms with Gasteiger partial charge in [-0.25, -0.2) is 4.98 Å². The number of aromatic nitrogens is 2. The molecule has 2 nitrogen and oxygen atoms in total. The lowest BCUT2D eigenvalue weighted by atomic mass is 10.5. The number of nitrogens with zero attached hydrogens (tertiary/aromatic N) is 2. The van der Waals surface area contributed by atoms with Crippen LogP contribution in [0.1, 0.15) is 20.8 Å². The van der Waals surface area contributed by atoms with Gasteiger partial charge in [0.15, 0.2) is 0 Å². The predicted octanol–water partition coefficient (Wildman–Crippen LogP) is 2.49. The van der Waals surface area contributed by atoms with Gasteiger partial charge in [-0.3, -0.25) is 0 Å². The molecule has 0 atom stereocenters. The zero-order valence-electron chi connectivity index (χ0n) is 7.49. The van der Waals surface area contributed by atoms with Crippen molar-refractivity contribution in [2.75, 3.05) is 0 Å². The second-order valence-electron chi connectivity index (χ2n) is 1.83. The molecule has 1 aromatic heterocycles. The summed E-state index contributed by atoms with van der Waals surface area (Å²) in [6, 6.07) is 0. The van der Waals surface area contributed by atoms with E-state index in [1.54, 1.807) is 12.5 Å². The first-order valence-electron chi connectivity index (χ1n) is 4.00. The molecule has 0 spiro atoms. The van der Waals surface area contributed by atoms with Crippen LogP contribution >= 0.6 is 0 Å². The summed E-state index contributed by atoms with van der Waals surface area (Å²) in [7, 11) is 0. The predicted molar refractivity (Wildman–Crippen MR) is 48.4 cm³/mol. The molecule has 11 heavy (non-hydrogen) atoms. The van der Waals surface area contributed by atoms with Crippen molar-refractivity contribution in [3.05, 3.63) is 30.9 Å². The molecule has 0 aliphatic carbocycles. The fourth-order valence-electron chi connectivity index (χ4n) is 0.622. The Morgan fingerprint density at radius 3 is 2.64 bits per heavy atom. The van der Waals surface area contributed by atoms with Gasteiger partial charge in [0.05, 0.1) is 6.33 Å². The van der Waals surface area contributed by atoms with E-state index in [-0.39, 0.29) is 0 Å². The van der Waals surface area contributed by atoms with E-state index >= 15 is 0 Å². The third-order valence-corrected chi connectivity index (χ3v) is 1.11. The number of hydrogen-bond acceptors (Lipinski definition) is 1. The summed E-state index contributed by atoms with van der Waals surface area (Å²) in [6.45, 7) is 6.94. The normalized spacial score (nSPS) is 9.36. The van der Waals surface area contributed by atoms with E-state index in [1.165, 1.54) is 0 Å². The van der Waals surface area contributed by atoms with Crippen LogP contribution in [-0.2, 0) is 6.54 Å². The molecule has 0 unspecified atom stereocenters. The lowest BCUT2D eigenvalue weighted by Crippen LogP contribution is -1.88. The molecule has 0 saturated heterocycles. The zero-order chi connectivity index (χ0) is 8.53. The highest BCUT2D eigenvalue weighted by Gasteiger charge is 1.80. The van der Waals surface area contributed by atoms with Crippen molar-refractivity contribution in [3.63, 3.8) is 0 Å². The minimum Gasteiger partial charge on any atom is -0.334 e. The third kappa shape index (κ3) is 4.37. The molecule has 0 aliphatic rings. The molecular formula is C9H16N2. The first-order chi connectivity index (χ1) is 5.43. The Balaban J connectivity index is 0.000000461. The summed E-state index contributed by atoms with van der Waals surface area (Å²) in [6.07, 6.45) is 9.64. The second kappa shape index (κ2) is 7.06. The van der Waals surface area contributed by atoms with E-state index in [9.17, 15) is 0 Å². The van der Waals surface area contributed by atoms with Crippen LogP contribution in [0.25, 0.3) is 0 Å². The quantitative estimate of drug-likeness (QED) is 0.595. The van der Waals surface area contributed by atoms with Crippen LogP contribution in [0.15, 0.2) is 30.9 Å². The molecule has 0 radical (unpaired) electrons. The van der Waals surface area contributed by atoms with Crippen LogP contribution in [0.5, 0.6) is 0 Å². The van der Waals surface area contributed by atoms with Gasteiger partial charge >= 0.3 is 0 Å². The Hall–Kier alpha value is -1.05. The van der Waals surface area contributed by atoms with Crippen LogP contribution in [0.2, 0.25) is 0 Å². The highest BCUT2D eigenvalue weighted by molar-refractivity contribution is 4.82. The van der Waals surface area contributed by atoms with Gasteiger partial charge in [-0.15, -0.1) is 0 Å². The molecule has 1 aromatic rings. The van der Waals surface area contributed by atoms with E-state index in [4.69, 9.17) is 0 Å². The molecule has 62 valence electrons. The van der Waals surface area contributed by atoms with E-state index in [0.717, 1.165) is 6.54 Å². The van der Waals surface area contributed by atoms with Gasteiger partial charge in [0.1, 0.15) is 0 Å². The maximum absolute atomic E-state index is 3.90. The number of imidazole rings is 1. The minimum atomic E-state index is 0.927. The van der Waals surface area contributed by atoms with Crippen molar-refractivity contribution in [1.82, 2.24) is 9.55 Å². The summed E-state index contributed by atoms with van der Waals surface area (Å²) < 4.78 is 2.01. The number of hydrogen-bond donors (Lipinski definition) is 0. The summed E-state index contributed by atoms with van der Waals surface area (Å²) >= 11 is 0. The molecule has 0 fully saturated rings. The minimum absolute atomic E-state index is 0.927. The van der Waals surface area contributed by atoms with Gasteiger partial charge in [-0.1, -0.05) is 26.0 Å². The van der Waals surface area contributed by atoms with Crippen LogP contribution in [0.3, 0.4) is 0 Å². The van der Waals surface area contributed by atoms with E-state index in [1.807, 2.05) is 37.6 Å². The summed E-state index contributed by atoms with van der Waals surface area (Å²) in [4.78, 5) is 3.90. The molecule has 1 rings (SSSR count). The van der Waals surface area contributed by atoms with Crippen LogP contribution in [0, 0.1) is 0 Å². The smallest absolute Gasteiger partial charge is 0.0948 e. The van der Waals surface area contributed by atoms with Crippen molar-refractivity contribution in [3.8, 4) is 0 Å². The van der Waals surface area contributed by atoms with E-state index in [0.29, 0.717) is 0 Å². The molecule has 0 aromatic carbocycles. The Labute approximate surface area is 68.6 Å². The number of allylic oxidation sites excluding steroid dienone is 2. The molecule has 1 heterocycles. The SMILES string of the molecule is C/C=C/Cn1ccnc1.CC. The van der Waals surface area contributed by atoms with E-state index in [2.05, 4.69) is 11.1 Å². The maximum Gasteiger partial charge on any atom is 0.0948 e. The average molecular weight is 152 g/mol. The summed E-state index contributed by atoms with van der Waals surface area (Å²) in [5.74, 6) is 0. The van der Waals surface area contributed by atoms with Gasteiger partial charge in [0.25, 0.3) is 0 Å². The fourth-order valence-corrected chi connectivity index (χ4v) is 0.622. The van der Waals surface area contributed by atoms with Crippen molar-refractivity contribution in [1.29, 1.82) is 0 Å². The van der Waals surface area contributed by atoms with Crippen LogP contribution in [0.4, 0.5) is 0 Å². The first-order valence-corrected chi connectivity index (χ1v) is 4.00. The van der Waals surface area contributed by atoms with Crippen molar-refractivity contribution < 1.29 is 0 Å². The molecule has 2 heteroatoms. The van der Waals surface area contributed by atoms with Gasteiger partial charge in [0, 0.05) is 18.9 Å². The van der Waals surface area contributed by atoms with Gasteiger partial charge in [0.2, 0.25) is 0 Å². The average Bonchev–Trinajstić information content (AvgIpc) is 2.57. The van der Waals surface area contributed by atoms with Gasteiger partial charge < -0.3 is 4.57 Å². The topological polar surface area (TPSA) is 17.8 Å². The zero-order valence-corrected chi connectivity index (χ0v) is 7.49. The molecule has 0 aliphatic heterocycles. The van der Waals surface area contributed by atoms with Crippen molar-refractivity contribution >= 4 is 0 Å². The molecule has 0 N–H and O–H groups in total. The highest BCUT2D eigenvalue weighted by atomic mass is 15.0. The highest BCUT2D eigenvalue weighted by Crippen LogP contribution is 1.85. The van der Waals surface area contributed by atoms with Crippen LogP contribution < -0.4 is 0 Å². The molecular weight excluding hydrogens is 136 g/mol. The third-order valence-electron chi connectivity index (χ3n) is 1.11. The lowest BCUT2D eigenvalue weighted by molar-refractivity contribution is 0.819. The molecule has 0 saturated carbocycles. The Kier molecular flexibility index (Phi) is 6.39. The monoisotopic (exact) mass is 152 g/mol. The standard InChI is InChI=1S/C7H10N2.C2H6/c1-2-3-5-9-6-4-8-7-9;1-2/h2-4,6-7H,5H2,1H3;1-2H3/b3-2+;. The lowest BCUT2D eigenvalue weighted by Gasteiger charge is -1.91. The van der Waals surface area contributed by atoms with Gasteiger partial charge in [-0.2, -0.15) is 0 Å². The number of rotatable bonds is 2. The Morgan fingerprint density at radius 1 is 1.45 bits per heavy atom. The summed E-state index contributed by atoms with van der Waals surface area (Å²) in [5.41, 5.74) is 0. The molecule has 0 bridgehead atoms. The second-order valence-corrected chi connectivity index (χ2v) is 1.83. The van der Waals surface area contributed by atoms with Crippen molar-refractivity contribution in [2.45, 2.75) is 27.3 Å². The Bertz CT molecular complexity index is 175. The van der Waals surface area contributed by atoms with Gasteiger partial charge in [-0.05, 0) is 6.92 Å². The van der Waals surface area contributed by atoms with E-state index < -0.39 is 0 Å². The van der Waals surface area contributed by atoms with Crippen LogP contribution in [-0.4, -0.2) is 9.55 Å². The largest absolute Gasteiger partial charge is 0.334 e. The van der Waals surface area contributed by atoms with Crippen molar-refractivity contribution in [2.24, 2.45) is 0 Å². The molecule has 0 amide bonds. The Morgan fingerprint density at radius 2 is 2.18 bits per heavy atom. The summed E-state index contributed by atoms with van der Waals surface area (Å²) in [5, 5.41) is 0. The maximum atomic E-state index is 3.90. The fraction of sp³-hybridized carbons (Fsp3) is 0.444.